The Labute approximate surface area is 398 Å². The smallest absolute Gasteiger partial charge is 0.159 e. The van der Waals surface area contributed by atoms with Gasteiger partial charge >= 0.3 is 0 Å². The third kappa shape index (κ3) is 6.19. The highest BCUT2D eigenvalue weighted by Gasteiger charge is 2.30. The molecule has 0 aliphatic heterocycles. The van der Waals surface area contributed by atoms with Gasteiger partial charge in [-0.15, -0.1) is 0 Å². The van der Waals surface area contributed by atoms with Gasteiger partial charge in [0.2, 0.25) is 0 Å². The molecule has 0 bridgehead atoms. The van der Waals surface area contributed by atoms with Crippen molar-refractivity contribution < 1.29 is 8.83 Å². The van der Waals surface area contributed by atoms with Crippen LogP contribution in [0.4, 0.5) is 34.1 Å². The molecule has 0 aliphatic rings. The lowest BCUT2D eigenvalue weighted by Crippen LogP contribution is -2.15. The number of hydrogen-bond acceptors (Lipinski definition) is 4. The fourth-order valence-corrected chi connectivity index (χ4v) is 11.0. The Morgan fingerprint density at radius 3 is 1.09 bits per heavy atom. The monoisotopic (exact) mass is 884 g/mol. The standard InChI is InChI=1S/C64H56N2O2/c1-9-63(5,6)49-25-15-21-43-45-23-17-29-55(61(45)67-59(43)49)65(51-27-13-11-19-39(51)3)53-37-33-41-32-36-48-54(38-34-42-31-35-47(53)57(41)58(42)48)66(52-28-14-12-20-40(52)4)56-30-18-24-46-44-22-16-26-50(64(7,8)10-2)60(44)68-62(46)56/h11-38H,9-10H2,1-8H3. The van der Waals surface area contributed by atoms with Crippen LogP contribution < -0.4 is 9.80 Å². The minimum atomic E-state index is -0.0447. The molecule has 0 atom stereocenters. The zero-order valence-electron chi connectivity index (χ0n) is 40.3. The van der Waals surface area contributed by atoms with Crippen LogP contribution in [0.15, 0.2) is 179 Å². The third-order valence-corrected chi connectivity index (χ3v) is 15.5. The summed E-state index contributed by atoms with van der Waals surface area (Å²) in [5.41, 5.74) is 14.9. The number of aryl methyl sites for hydroxylation is 2. The molecule has 0 amide bonds. The highest BCUT2D eigenvalue weighted by Crippen LogP contribution is 2.52. The summed E-state index contributed by atoms with van der Waals surface area (Å²) >= 11 is 0. The summed E-state index contributed by atoms with van der Waals surface area (Å²) in [4.78, 5) is 4.88. The first-order chi connectivity index (χ1) is 33.0. The summed E-state index contributed by atoms with van der Waals surface area (Å²) in [6.07, 6.45) is 2.01. The number of fused-ring (bicyclic) bond motifs is 6. The van der Waals surface area contributed by atoms with E-state index in [0.717, 1.165) is 90.8 Å². The number of nitrogens with zero attached hydrogens (tertiary/aromatic N) is 2. The first-order valence-corrected chi connectivity index (χ1v) is 24.3. The molecule has 68 heavy (non-hydrogen) atoms. The van der Waals surface area contributed by atoms with Crippen molar-refractivity contribution in [2.45, 2.75) is 79.1 Å². The maximum Gasteiger partial charge on any atom is 0.159 e. The largest absolute Gasteiger partial charge is 0.454 e. The second-order valence-corrected chi connectivity index (χ2v) is 20.2. The van der Waals surface area contributed by atoms with Crippen LogP contribution in [0.1, 0.15) is 76.6 Å². The van der Waals surface area contributed by atoms with Crippen molar-refractivity contribution in [3.63, 3.8) is 0 Å². The molecule has 0 aliphatic carbocycles. The summed E-state index contributed by atoms with van der Waals surface area (Å²) in [5, 5.41) is 11.8. The highest BCUT2D eigenvalue weighted by atomic mass is 16.3. The molecule has 2 heterocycles. The zero-order valence-corrected chi connectivity index (χ0v) is 40.3. The normalized spacial score (nSPS) is 12.5. The van der Waals surface area contributed by atoms with Gasteiger partial charge in [0.15, 0.2) is 11.2 Å². The number of anilines is 6. The van der Waals surface area contributed by atoms with Crippen molar-refractivity contribution in [2.24, 2.45) is 0 Å². The summed E-state index contributed by atoms with van der Waals surface area (Å²) in [6.45, 7) is 18.2. The molecule has 0 radical (unpaired) electrons. The van der Waals surface area contributed by atoms with Gasteiger partial charge in [-0.1, -0.05) is 175 Å². The van der Waals surface area contributed by atoms with Gasteiger partial charge < -0.3 is 18.6 Å². The van der Waals surface area contributed by atoms with Crippen molar-refractivity contribution in [1.29, 1.82) is 0 Å². The molecule has 0 saturated heterocycles. The van der Waals surface area contributed by atoms with Gasteiger partial charge in [0.05, 0.1) is 22.7 Å². The van der Waals surface area contributed by atoms with Crippen molar-refractivity contribution in [2.75, 3.05) is 9.80 Å². The maximum absolute atomic E-state index is 7.15. The van der Waals surface area contributed by atoms with Gasteiger partial charge in [-0.25, -0.2) is 0 Å². The SMILES string of the molecule is CCC(C)(C)c1cccc2c1oc1c(N(c3ccccc3C)c3ccc4ccc5c(N(c6ccccc6C)c6cccc7c6oc6c(C(C)(C)CC)cccc67)ccc6ccc3c4c65)cccc12. The van der Waals surface area contributed by atoms with Crippen molar-refractivity contribution in [1.82, 2.24) is 0 Å². The predicted octanol–water partition coefficient (Wildman–Crippen LogP) is 19.3. The molecule has 0 fully saturated rings. The van der Waals surface area contributed by atoms with Gasteiger partial charge in [0, 0.05) is 54.8 Å². The van der Waals surface area contributed by atoms with Crippen LogP contribution in [0.25, 0.3) is 76.2 Å². The summed E-state index contributed by atoms with van der Waals surface area (Å²) in [7, 11) is 0. The molecular formula is C64H56N2O2. The average Bonchev–Trinajstić information content (AvgIpc) is 3.95. The van der Waals surface area contributed by atoms with E-state index in [-0.39, 0.29) is 10.8 Å². The van der Waals surface area contributed by atoms with Gasteiger partial charge in [-0.2, -0.15) is 0 Å². The average molecular weight is 885 g/mol. The van der Waals surface area contributed by atoms with E-state index < -0.39 is 0 Å². The van der Waals surface area contributed by atoms with Crippen molar-refractivity contribution in [3.05, 3.63) is 192 Å². The molecule has 2 aromatic heterocycles. The fourth-order valence-electron chi connectivity index (χ4n) is 11.0. The van der Waals surface area contributed by atoms with Crippen LogP contribution in [0.3, 0.4) is 0 Å². The topological polar surface area (TPSA) is 32.8 Å². The van der Waals surface area contributed by atoms with Crippen LogP contribution in [-0.2, 0) is 10.8 Å². The van der Waals surface area contributed by atoms with E-state index >= 15 is 0 Å². The Bertz CT molecular complexity index is 3680. The van der Waals surface area contributed by atoms with Crippen LogP contribution in [0, 0.1) is 13.8 Å². The molecule has 0 N–H and O–H groups in total. The zero-order chi connectivity index (χ0) is 46.6. The van der Waals surface area contributed by atoms with Crippen LogP contribution in [0.5, 0.6) is 0 Å². The molecular weight excluding hydrogens is 829 g/mol. The first-order valence-electron chi connectivity index (χ1n) is 24.3. The summed E-state index contributed by atoms with van der Waals surface area (Å²) < 4.78 is 14.3. The Balaban J connectivity index is 1.12. The van der Waals surface area contributed by atoms with Gasteiger partial charge in [0.1, 0.15) is 11.2 Å². The Morgan fingerprint density at radius 2 is 0.691 bits per heavy atom. The Hall–Kier alpha value is -7.56. The van der Waals surface area contributed by atoms with E-state index in [2.05, 4.69) is 235 Å². The molecule has 0 unspecified atom stereocenters. The molecule has 0 spiro atoms. The van der Waals surface area contributed by atoms with E-state index in [1.54, 1.807) is 0 Å². The minimum absolute atomic E-state index is 0.0447. The predicted molar refractivity (Wildman–Crippen MR) is 290 cm³/mol. The van der Waals surface area contributed by atoms with E-state index in [1.807, 2.05) is 0 Å². The quantitative estimate of drug-likeness (QED) is 0.128. The first kappa shape index (κ1) is 41.8. The van der Waals surface area contributed by atoms with Crippen molar-refractivity contribution >= 4 is 110 Å². The lowest BCUT2D eigenvalue weighted by molar-refractivity contribution is 0.500. The lowest BCUT2D eigenvalue weighted by atomic mass is 9.81. The Morgan fingerprint density at radius 1 is 0.338 bits per heavy atom. The number of rotatable bonds is 10. The van der Waals surface area contributed by atoms with Gasteiger partial charge in [0.25, 0.3) is 0 Å². The number of benzene rings is 10. The van der Waals surface area contributed by atoms with Crippen LogP contribution >= 0.6 is 0 Å². The number of hydrogen-bond donors (Lipinski definition) is 0. The summed E-state index contributed by atoms with van der Waals surface area (Å²) in [6, 6.07) is 62.5. The molecule has 12 aromatic rings. The molecule has 4 heteroatoms. The number of furan rings is 2. The molecule has 334 valence electrons. The van der Waals surface area contributed by atoms with Gasteiger partial charge in [-0.05, 0) is 107 Å². The molecule has 0 saturated carbocycles. The number of para-hydroxylation sites is 6. The van der Waals surface area contributed by atoms with E-state index in [9.17, 15) is 0 Å². The maximum atomic E-state index is 7.15. The Kier molecular flexibility index (Phi) is 9.54. The second-order valence-electron chi connectivity index (χ2n) is 20.2. The van der Waals surface area contributed by atoms with E-state index in [1.165, 1.54) is 54.6 Å². The van der Waals surface area contributed by atoms with Crippen molar-refractivity contribution in [3.8, 4) is 0 Å². The van der Waals surface area contributed by atoms with Crippen LogP contribution in [-0.4, -0.2) is 0 Å². The highest BCUT2D eigenvalue weighted by molar-refractivity contribution is 6.29. The molecule has 10 aromatic carbocycles. The van der Waals surface area contributed by atoms with Gasteiger partial charge in [-0.3, -0.25) is 0 Å². The summed E-state index contributed by atoms with van der Waals surface area (Å²) in [5.74, 6) is 0. The fraction of sp³-hybridized carbons (Fsp3) is 0.188. The lowest BCUT2D eigenvalue weighted by Gasteiger charge is -2.30. The minimum Gasteiger partial charge on any atom is -0.454 e. The molecule has 12 rings (SSSR count). The van der Waals surface area contributed by atoms with E-state index in [0.29, 0.717) is 0 Å². The van der Waals surface area contributed by atoms with E-state index in [4.69, 9.17) is 8.83 Å². The third-order valence-electron chi connectivity index (χ3n) is 15.5. The molecule has 4 nitrogen and oxygen atoms in total. The van der Waals surface area contributed by atoms with Crippen LogP contribution in [0.2, 0.25) is 0 Å². The second kappa shape index (κ2) is 15.5.